The van der Waals surface area contributed by atoms with Gasteiger partial charge in [0.1, 0.15) is 0 Å². The van der Waals surface area contributed by atoms with Crippen LogP contribution in [0.1, 0.15) is 18.4 Å². The normalized spacial score (nSPS) is 12.9. The third-order valence-electron chi connectivity index (χ3n) is 3.23. The number of primary sulfonamides is 1. The Morgan fingerprint density at radius 2 is 1.86 bits per heavy atom. The van der Waals surface area contributed by atoms with Gasteiger partial charge in [0, 0.05) is 6.54 Å². The van der Waals surface area contributed by atoms with Crippen molar-refractivity contribution in [2.45, 2.75) is 17.7 Å². The Morgan fingerprint density at radius 3 is 2.48 bits per heavy atom. The van der Waals surface area contributed by atoms with Crippen molar-refractivity contribution in [1.29, 1.82) is 0 Å². The number of benzene rings is 2. The first-order valence-corrected chi connectivity index (χ1v) is 8.41. The van der Waals surface area contributed by atoms with Crippen LogP contribution in [0.5, 0.6) is 0 Å². The third-order valence-corrected chi connectivity index (χ3v) is 4.47. The lowest BCUT2D eigenvalue weighted by Crippen LogP contribution is -2.14. The zero-order valence-corrected chi connectivity index (χ0v) is 13.2. The van der Waals surface area contributed by atoms with Crippen LogP contribution in [0.3, 0.4) is 0 Å². The fourth-order valence-electron chi connectivity index (χ4n) is 1.98. The summed E-state index contributed by atoms with van der Waals surface area (Å²) in [7, 11) is -3.73. The van der Waals surface area contributed by atoms with E-state index < -0.39 is 10.0 Å². The molecule has 0 heterocycles. The summed E-state index contributed by atoms with van der Waals surface area (Å²) in [5.74, 6) is 0.264. The molecule has 0 radical (unpaired) electrons. The van der Waals surface area contributed by atoms with Crippen LogP contribution in [0.25, 0.3) is 0 Å². The van der Waals surface area contributed by atoms with Gasteiger partial charge in [0.25, 0.3) is 0 Å². The number of halogens is 1. The van der Waals surface area contributed by atoms with Crippen molar-refractivity contribution in [2.75, 3.05) is 11.9 Å². The Kier molecular flexibility index (Phi) is 4.88. The zero-order valence-electron chi connectivity index (χ0n) is 11.6. The number of sulfonamides is 1. The summed E-state index contributed by atoms with van der Waals surface area (Å²) < 4.78 is 22.7. The monoisotopic (exact) mass is 324 g/mol. The van der Waals surface area contributed by atoms with Crippen molar-refractivity contribution < 1.29 is 8.42 Å². The summed E-state index contributed by atoms with van der Waals surface area (Å²) >= 11 is 6.08. The molecule has 2 rings (SSSR count). The number of nitrogens with one attached hydrogen (secondary N) is 1. The second kappa shape index (κ2) is 6.47. The van der Waals surface area contributed by atoms with Gasteiger partial charge in [0.15, 0.2) is 0 Å². The molecule has 0 aliphatic carbocycles. The average molecular weight is 325 g/mol. The van der Waals surface area contributed by atoms with Gasteiger partial charge in [-0.1, -0.05) is 48.9 Å². The van der Waals surface area contributed by atoms with Gasteiger partial charge in [-0.25, -0.2) is 13.6 Å². The van der Waals surface area contributed by atoms with E-state index in [1.165, 1.54) is 23.8 Å². The summed E-state index contributed by atoms with van der Waals surface area (Å²) in [5, 5.41) is 8.76. The number of hydrogen-bond donors (Lipinski definition) is 2. The number of anilines is 1. The van der Waals surface area contributed by atoms with Crippen molar-refractivity contribution >= 4 is 27.3 Å². The Bertz CT molecular complexity index is 718. The molecule has 2 aromatic carbocycles. The quantitative estimate of drug-likeness (QED) is 0.887. The van der Waals surface area contributed by atoms with E-state index in [0.717, 1.165) is 0 Å². The molecule has 0 fully saturated rings. The first kappa shape index (κ1) is 15.8. The molecule has 0 saturated heterocycles. The molecule has 1 unspecified atom stereocenters. The maximum absolute atomic E-state index is 11.4. The summed E-state index contributed by atoms with van der Waals surface area (Å²) in [4.78, 5) is 0.0433. The van der Waals surface area contributed by atoms with E-state index in [1.807, 2.05) is 18.2 Å². The van der Waals surface area contributed by atoms with Crippen LogP contribution in [0.15, 0.2) is 53.4 Å². The second-order valence-electron chi connectivity index (χ2n) is 4.88. The molecule has 0 aliphatic heterocycles. The van der Waals surface area contributed by atoms with Gasteiger partial charge < -0.3 is 5.32 Å². The number of rotatable bonds is 5. The average Bonchev–Trinajstić information content (AvgIpc) is 2.45. The minimum atomic E-state index is -3.73. The van der Waals surface area contributed by atoms with Crippen LogP contribution in [0.4, 0.5) is 5.69 Å². The summed E-state index contributed by atoms with van der Waals surface area (Å²) in [5.41, 5.74) is 1.76. The van der Waals surface area contributed by atoms with Crippen LogP contribution in [0.2, 0.25) is 5.02 Å². The molecule has 0 aromatic heterocycles. The van der Waals surface area contributed by atoms with Crippen LogP contribution in [0, 0.1) is 0 Å². The van der Waals surface area contributed by atoms with E-state index in [9.17, 15) is 8.42 Å². The Labute approximate surface area is 130 Å². The first-order chi connectivity index (χ1) is 9.88. The van der Waals surface area contributed by atoms with Crippen LogP contribution >= 0.6 is 11.6 Å². The molecule has 21 heavy (non-hydrogen) atoms. The third kappa shape index (κ3) is 4.20. The lowest BCUT2D eigenvalue weighted by atomic mass is 10.0. The fourth-order valence-corrected chi connectivity index (χ4v) is 2.70. The van der Waals surface area contributed by atoms with E-state index in [4.69, 9.17) is 16.7 Å². The SMILES string of the molecule is CC(CNc1cc(S(N)(=O)=O)ccc1Cl)c1ccccc1. The van der Waals surface area contributed by atoms with Crippen LogP contribution in [-0.2, 0) is 10.0 Å². The van der Waals surface area contributed by atoms with Crippen molar-refractivity contribution in [3.63, 3.8) is 0 Å². The van der Waals surface area contributed by atoms with Gasteiger partial charge in [0.2, 0.25) is 10.0 Å². The van der Waals surface area contributed by atoms with Gasteiger partial charge >= 0.3 is 0 Å². The van der Waals surface area contributed by atoms with Gasteiger partial charge in [-0.3, -0.25) is 0 Å². The second-order valence-corrected chi connectivity index (χ2v) is 6.85. The molecule has 3 N–H and O–H groups in total. The standard InChI is InChI=1S/C15H17ClN2O2S/c1-11(12-5-3-2-4-6-12)10-18-15-9-13(21(17,19)20)7-8-14(15)16/h2-9,11,18H,10H2,1H3,(H2,17,19,20). The molecule has 1 atom stereocenters. The summed E-state index contributed by atoms with van der Waals surface area (Å²) in [6.45, 7) is 2.72. The first-order valence-electron chi connectivity index (χ1n) is 6.49. The Morgan fingerprint density at radius 1 is 1.19 bits per heavy atom. The number of nitrogens with two attached hydrogens (primary N) is 1. The predicted octanol–water partition coefficient (Wildman–Crippen LogP) is 3.20. The van der Waals surface area contributed by atoms with Crippen molar-refractivity contribution in [1.82, 2.24) is 0 Å². The van der Waals surface area contributed by atoms with E-state index >= 15 is 0 Å². The van der Waals surface area contributed by atoms with Gasteiger partial charge in [-0.2, -0.15) is 0 Å². The summed E-state index contributed by atoms with van der Waals surface area (Å²) in [6.07, 6.45) is 0. The predicted molar refractivity (Wildman–Crippen MR) is 86.2 cm³/mol. The van der Waals surface area contributed by atoms with E-state index in [2.05, 4.69) is 24.4 Å². The topological polar surface area (TPSA) is 72.2 Å². The molecule has 6 heteroatoms. The van der Waals surface area contributed by atoms with Crippen LogP contribution in [-0.4, -0.2) is 15.0 Å². The van der Waals surface area contributed by atoms with Gasteiger partial charge in [0.05, 0.1) is 15.6 Å². The lowest BCUT2D eigenvalue weighted by Gasteiger charge is -2.15. The molecular formula is C15H17ClN2O2S. The minimum absolute atomic E-state index is 0.0433. The number of hydrogen-bond acceptors (Lipinski definition) is 3. The molecule has 0 amide bonds. The van der Waals surface area contributed by atoms with Gasteiger partial charge in [-0.05, 0) is 29.7 Å². The summed E-state index contributed by atoms with van der Waals surface area (Å²) in [6, 6.07) is 14.4. The van der Waals surface area contributed by atoms with Crippen molar-refractivity contribution in [2.24, 2.45) is 5.14 Å². The Balaban J connectivity index is 2.13. The molecule has 0 aliphatic rings. The highest BCUT2D eigenvalue weighted by Gasteiger charge is 2.12. The fraction of sp³-hybridized carbons (Fsp3) is 0.200. The maximum Gasteiger partial charge on any atom is 0.238 e. The van der Waals surface area contributed by atoms with Crippen LogP contribution < -0.4 is 10.5 Å². The van der Waals surface area contributed by atoms with Gasteiger partial charge in [-0.15, -0.1) is 0 Å². The van der Waals surface area contributed by atoms with E-state index in [0.29, 0.717) is 17.3 Å². The lowest BCUT2D eigenvalue weighted by molar-refractivity contribution is 0.598. The molecule has 112 valence electrons. The zero-order chi connectivity index (χ0) is 15.5. The largest absolute Gasteiger partial charge is 0.383 e. The smallest absolute Gasteiger partial charge is 0.238 e. The molecule has 0 bridgehead atoms. The minimum Gasteiger partial charge on any atom is -0.383 e. The van der Waals surface area contributed by atoms with Crippen molar-refractivity contribution in [3.8, 4) is 0 Å². The van der Waals surface area contributed by atoms with E-state index in [-0.39, 0.29) is 10.8 Å². The van der Waals surface area contributed by atoms with Crippen molar-refractivity contribution in [3.05, 3.63) is 59.1 Å². The highest BCUT2D eigenvalue weighted by molar-refractivity contribution is 7.89. The molecule has 4 nitrogen and oxygen atoms in total. The highest BCUT2D eigenvalue weighted by atomic mass is 35.5. The molecule has 2 aromatic rings. The molecular weight excluding hydrogens is 308 g/mol. The van der Waals surface area contributed by atoms with E-state index in [1.54, 1.807) is 0 Å². The highest BCUT2D eigenvalue weighted by Crippen LogP contribution is 2.26. The molecule has 0 saturated carbocycles. The maximum atomic E-state index is 11.4. The Hall–Kier alpha value is -1.56. The molecule has 0 spiro atoms.